The smallest absolute Gasteiger partial charge is 0.122 e. The third-order valence-corrected chi connectivity index (χ3v) is 1.90. The first-order valence-electron chi connectivity index (χ1n) is 3.49. The van der Waals surface area contributed by atoms with Crippen molar-refractivity contribution in [3.05, 3.63) is 12.2 Å². The largest absolute Gasteiger partial charge is 0.246 e. The predicted molar refractivity (Wildman–Crippen MR) is 37.3 cm³/mol. The molecule has 0 spiro atoms. The van der Waals surface area contributed by atoms with Gasteiger partial charge in [0.05, 0.1) is 6.07 Å². The molecule has 1 saturated carbocycles. The van der Waals surface area contributed by atoms with Gasteiger partial charge in [-0.3, -0.25) is 0 Å². The van der Waals surface area contributed by atoms with Crippen LogP contribution in [0.4, 0.5) is 8.78 Å². The average molecular weight is 157 g/mol. The summed E-state index contributed by atoms with van der Waals surface area (Å²) in [7, 11) is 0. The summed E-state index contributed by atoms with van der Waals surface area (Å²) in [5, 5.41) is 8.36. The Morgan fingerprint density at radius 2 is 1.82 bits per heavy atom. The lowest BCUT2D eigenvalue weighted by atomic mass is 9.84. The lowest BCUT2D eigenvalue weighted by Crippen LogP contribution is -2.30. The summed E-state index contributed by atoms with van der Waals surface area (Å²) in [6, 6.07) is 1.63. The van der Waals surface area contributed by atoms with Crippen molar-refractivity contribution in [1.82, 2.24) is 0 Å². The highest BCUT2D eigenvalue weighted by atomic mass is 19.1. The van der Waals surface area contributed by atoms with Crippen LogP contribution in [-0.2, 0) is 0 Å². The van der Waals surface area contributed by atoms with Crippen LogP contribution in [0.15, 0.2) is 12.2 Å². The monoisotopic (exact) mass is 157 g/mol. The molecule has 1 rings (SSSR count). The predicted octanol–water partition coefficient (Wildman–Crippen LogP) is 2.15. The first-order chi connectivity index (χ1) is 5.15. The lowest BCUT2D eigenvalue weighted by Gasteiger charge is -2.25. The Labute approximate surface area is 64.3 Å². The summed E-state index contributed by atoms with van der Waals surface area (Å²) in [6.07, 6.45) is -2.45. The van der Waals surface area contributed by atoms with Gasteiger partial charge in [0.15, 0.2) is 0 Å². The zero-order chi connectivity index (χ0) is 8.43. The molecule has 2 atom stereocenters. The van der Waals surface area contributed by atoms with Gasteiger partial charge in [-0.2, -0.15) is 5.26 Å². The highest BCUT2D eigenvalue weighted by Crippen LogP contribution is 2.31. The Morgan fingerprint density at radius 3 is 2.18 bits per heavy atom. The molecule has 3 heteroatoms. The van der Waals surface area contributed by atoms with Crippen molar-refractivity contribution in [3.63, 3.8) is 0 Å². The maximum Gasteiger partial charge on any atom is 0.122 e. The first-order valence-corrected chi connectivity index (χ1v) is 3.49. The highest BCUT2D eigenvalue weighted by Gasteiger charge is 2.35. The summed E-state index contributed by atoms with van der Waals surface area (Å²) >= 11 is 0. The molecule has 0 radical (unpaired) electrons. The SMILES string of the molecule is C=C1CC(F)C(C#N)C(F)C1. The van der Waals surface area contributed by atoms with Gasteiger partial charge in [0.25, 0.3) is 0 Å². The van der Waals surface area contributed by atoms with Crippen LogP contribution < -0.4 is 0 Å². The van der Waals surface area contributed by atoms with E-state index >= 15 is 0 Å². The Kier molecular flexibility index (Phi) is 2.23. The van der Waals surface area contributed by atoms with E-state index < -0.39 is 18.3 Å². The third-order valence-electron chi connectivity index (χ3n) is 1.90. The van der Waals surface area contributed by atoms with Crippen molar-refractivity contribution in [3.8, 4) is 6.07 Å². The molecule has 0 amide bonds. The van der Waals surface area contributed by atoms with Crippen molar-refractivity contribution in [2.75, 3.05) is 0 Å². The molecule has 1 nitrogen and oxygen atoms in total. The lowest BCUT2D eigenvalue weighted by molar-refractivity contribution is 0.138. The molecule has 11 heavy (non-hydrogen) atoms. The summed E-state index contributed by atoms with van der Waals surface area (Å²) in [4.78, 5) is 0. The number of halogens is 2. The molecule has 0 saturated heterocycles. The number of nitrogens with zero attached hydrogens (tertiary/aromatic N) is 1. The summed E-state index contributed by atoms with van der Waals surface area (Å²) in [5.74, 6) is -1.08. The van der Waals surface area contributed by atoms with Gasteiger partial charge in [0.2, 0.25) is 0 Å². The van der Waals surface area contributed by atoms with Gasteiger partial charge in [-0.1, -0.05) is 12.2 Å². The van der Waals surface area contributed by atoms with E-state index in [4.69, 9.17) is 5.26 Å². The van der Waals surface area contributed by atoms with Crippen LogP contribution in [0.25, 0.3) is 0 Å². The molecule has 1 fully saturated rings. The maximum atomic E-state index is 12.8. The Bertz CT molecular complexity index is 193. The second-order valence-corrected chi connectivity index (χ2v) is 2.85. The van der Waals surface area contributed by atoms with Crippen molar-refractivity contribution in [1.29, 1.82) is 5.26 Å². The van der Waals surface area contributed by atoms with Crippen LogP contribution in [0.1, 0.15) is 12.8 Å². The fourth-order valence-electron chi connectivity index (χ4n) is 1.28. The molecule has 1 aliphatic carbocycles. The van der Waals surface area contributed by atoms with Gasteiger partial charge in [-0.25, -0.2) is 8.78 Å². The van der Waals surface area contributed by atoms with Gasteiger partial charge in [0.1, 0.15) is 18.3 Å². The standard InChI is InChI=1S/C8H9F2N/c1-5-2-7(9)6(4-11)8(10)3-5/h6-8H,1-3H2. The van der Waals surface area contributed by atoms with Crippen molar-refractivity contribution < 1.29 is 8.78 Å². The van der Waals surface area contributed by atoms with E-state index in [2.05, 4.69) is 6.58 Å². The van der Waals surface area contributed by atoms with Crippen LogP contribution in [0, 0.1) is 17.2 Å². The molecule has 0 aromatic heterocycles. The fourth-order valence-corrected chi connectivity index (χ4v) is 1.28. The Hall–Kier alpha value is -0.910. The summed E-state index contributed by atoms with van der Waals surface area (Å²) in [5.41, 5.74) is 0.566. The zero-order valence-corrected chi connectivity index (χ0v) is 6.06. The van der Waals surface area contributed by atoms with E-state index in [1.54, 1.807) is 6.07 Å². The Morgan fingerprint density at radius 1 is 1.36 bits per heavy atom. The van der Waals surface area contributed by atoms with Crippen molar-refractivity contribution in [2.45, 2.75) is 25.2 Å². The van der Waals surface area contributed by atoms with Crippen molar-refractivity contribution >= 4 is 0 Å². The number of nitriles is 1. The minimum atomic E-state index is -1.36. The molecule has 1 aliphatic rings. The molecule has 0 aromatic carbocycles. The maximum absolute atomic E-state index is 12.8. The minimum absolute atomic E-state index is 0.138. The molecule has 0 aromatic rings. The van der Waals surface area contributed by atoms with E-state index in [1.807, 2.05) is 0 Å². The average Bonchev–Trinajstić information content (AvgIpc) is 1.85. The molecule has 2 unspecified atom stereocenters. The molecule has 60 valence electrons. The molecular formula is C8H9F2N. The first kappa shape index (κ1) is 8.19. The van der Waals surface area contributed by atoms with Gasteiger partial charge in [-0.15, -0.1) is 0 Å². The quantitative estimate of drug-likeness (QED) is 0.494. The summed E-state index contributed by atoms with van der Waals surface area (Å²) in [6.45, 7) is 3.49. The molecule has 0 bridgehead atoms. The van der Waals surface area contributed by atoms with Crippen LogP contribution in [0.5, 0.6) is 0 Å². The van der Waals surface area contributed by atoms with Crippen LogP contribution >= 0.6 is 0 Å². The second-order valence-electron chi connectivity index (χ2n) is 2.85. The number of allylic oxidation sites excluding steroid dienone is 1. The van der Waals surface area contributed by atoms with Crippen LogP contribution in [-0.4, -0.2) is 12.3 Å². The third kappa shape index (κ3) is 1.56. The van der Waals surface area contributed by atoms with E-state index in [9.17, 15) is 8.78 Å². The van der Waals surface area contributed by atoms with E-state index in [1.165, 1.54) is 0 Å². The number of rotatable bonds is 0. The molecule has 0 aliphatic heterocycles. The number of alkyl halides is 2. The number of hydrogen-bond donors (Lipinski definition) is 0. The normalized spacial score (nSPS) is 38.3. The van der Waals surface area contributed by atoms with Crippen LogP contribution in [0.2, 0.25) is 0 Å². The number of hydrogen-bond acceptors (Lipinski definition) is 1. The molecule has 0 heterocycles. The van der Waals surface area contributed by atoms with Gasteiger partial charge in [-0.05, 0) is 0 Å². The van der Waals surface area contributed by atoms with Crippen molar-refractivity contribution in [2.24, 2.45) is 5.92 Å². The minimum Gasteiger partial charge on any atom is -0.246 e. The second kappa shape index (κ2) is 3.00. The molecule has 0 N–H and O–H groups in total. The van der Waals surface area contributed by atoms with Crippen LogP contribution in [0.3, 0.4) is 0 Å². The van der Waals surface area contributed by atoms with Gasteiger partial charge < -0.3 is 0 Å². The Balaban J connectivity index is 2.68. The summed E-state index contributed by atoms with van der Waals surface area (Å²) < 4.78 is 25.7. The fraction of sp³-hybridized carbons (Fsp3) is 0.625. The van der Waals surface area contributed by atoms with E-state index in [0.29, 0.717) is 5.57 Å². The van der Waals surface area contributed by atoms with Gasteiger partial charge >= 0.3 is 0 Å². The topological polar surface area (TPSA) is 23.8 Å². The van der Waals surface area contributed by atoms with E-state index in [0.717, 1.165) is 0 Å². The molecular weight excluding hydrogens is 148 g/mol. The van der Waals surface area contributed by atoms with E-state index in [-0.39, 0.29) is 12.8 Å². The highest BCUT2D eigenvalue weighted by molar-refractivity contribution is 5.10. The zero-order valence-electron chi connectivity index (χ0n) is 6.06. The van der Waals surface area contributed by atoms with Gasteiger partial charge in [0, 0.05) is 12.8 Å².